The van der Waals surface area contributed by atoms with Gasteiger partial charge in [-0.1, -0.05) is 54.1 Å². The van der Waals surface area contributed by atoms with Crippen molar-refractivity contribution in [3.8, 4) is 0 Å². The van der Waals surface area contributed by atoms with E-state index in [1.807, 2.05) is 70.1 Å². The number of carbonyl (C=O) groups is 1. The van der Waals surface area contributed by atoms with Gasteiger partial charge in [0.1, 0.15) is 0 Å². The summed E-state index contributed by atoms with van der Waals surface area (Å²) in [6.07, 6.45) is 3.05. The van der Waals surface area contributed by atoms with Gasteiger partial charge < -0.3 is 4.57 Å². The number of rotatable bonds is 3. The molecule has 0 spiro atoms. The van der Waals surface area contributed by atoms with Gasteiger partial charge in [-0.3, -0.25) is 19.4 Å². The summed E-state index contributed by atoms with van der Waals surface area (Å²) in [6.45, 7) is 2.96. The van der Waals surface area contributed by atoms with Gasteiger partial charge in [0.15, 0.2) is 0 Å². The maximum atomic E-state index is 13.6. The van der Waals surface area contributed by atoms with Crippen LogP contribution in [0.3, 0.4) is 0 Å². The average Bonchev–Trinajstić information content (AvgIpc) is 3.06. The molecular formula is C27H24ClN3O2. The van der Waals surface area contributed by atoms with E-state index in [0.717, 1.165) is 48.6 Å². The molecule has 0 radical (unpaired) electrons. The van der Waals surface area contributed by atoms with Crippen LogP contribution < -0.4 is 10.5 Å². The molecule has 0 unspecified atom stereocenters. The SMILES string of the molecule is O=C1/C(=C\c2ccccc2)c2ccc(Cl)cc2N1CN1C[C@H]2C[C@@H](C1)c1cccc(=O)n1C2. The molecule has 0 aliphatic carbocycles. The number of carbonyl (C=O) groups excluding carboxylic acids is 1. The molecule has 2 bridgehead atoms. The Labute approximate surface area is 197 Å². The molecule has 1 saturated heterocycles. The summed E-state index contributed by atoms with van der Waals surface area (Å²) in [5.74, 6) is 0.720. The summed E-state index contributed by atoms with van der Waals surface area (Å²) in [4.78, 5) is 30.1. The Balaban J connectivity index is 1.31. The van der Waals surface area contributed by atoms with E-state index < -0.39 is 0 Å². The molecule has 0 N–H and O–H groups in total. The van der Waals surface area contributed by atoms with E-state index in [1.54, 1.807) is 6.07 Å². The molecule has 4 heterocycles. The van der Waals surface area contributed by atoms with Gasteiger partial charge in [-0.15, -0.1) is 0 Å². The van der Waals surface area contributed by atoms with E-state index in [1.165, 1.54) is 0 Å². The van der Waals surface area contributed by atoms with Crippen molar-refractivity contribution in [3.05, 3.63) is 98.9 Å². The maximum Gasteiger partial charge on any atom is 0.260 e. The quantitative estimate of drug-likeness (QED) is 0.545. The van der Waals surface area contributed by atoms with Crippen LogP contribution in [0.2, 0.25) is 5.02 Å². The second-order valence-corrected chi connectivity index (χ2v) is 9.68. The predicted octanol–water partition coefficient (Wildman–Crippen LogP) is 4.47. The highest BCUT2D eigenvalue weighted by atomic mass is 35.5. The zero-order valence-electron chi connectivity index (χ0n) is 18.2. The minimum Gasteiger partial charge on any atom is -0.312 e. The molecule has 166 valence electrons. The summed E-state index contributed by atoms with van der Waals surface area (Å²) in [6, 6.07) is 21.2. The Morgan fingerprint density at radius 1 is 0.939 bits per heavy atom. The van der Waals surface area contributed by atoms with Gasteiger partial charge in [0.2, 0.25) is 0 Å². The molecule has 5 nitrogen and oxygen atoms in total. The predicted molar refractivity (Wildman–Crippen MR) is 131 cm³/mol. The summed E-state index contributed by atoms with van der Waals surface area (Å²) < 4.78 is 1.94. The first kappa shape index (κ1) is 20.5. The third-order valence-electron chi connectivity index (χ3n) is 7.02. The van der Waals surface area contributed by atoms with Crippen LogP contribution in [0.4, 0.5) is 5.69 Å². The maximum absolute atomic E-state index is 13.6. The third-order valence-corrected chi connectivity index (χ3v) is 7.26. The lowest BCUT2D eigenvalue weighted by Gasteiger charge is -2.43. The number of amides is 1. The Kier molecular flexibility index (Phi) is 4.97. The Morgan fingerprint density at radius 2 is 1.79 bits per heavy atom. The topological polar surface area (TPSA) is 45.6 Å². The van der Waals surface area contributed by atoms with E-state index >= 15 is 0 Å². The molecule has 3 aromatic rings. The van der Waals surface area contributed by atoms with Crippen molar-refractivity contribution in [3.63, 3.8) is 0 Å². The van der Waals surface area contributed by atoms with Crippen LogP contribution in [-0.4, -0.2) is 35.1 Å². The van der Waals surface area contributed by atoms with Crippen LogP contribution in [-0.2, 0) is 11.3 Å². The lowest BCUT2D eigenvalue weighted by molar-refractivity contribution is -0.113. The Bertz CT molecular complexity index is 1330. The molecule has 6 heteroatoms. The van der Waals surface area contributed by atoms with Gasteiger partial charge in [0.05, 0.1) is 12.4 Å². The number of aromatic nitrogens is 1. The highest BCUT2D eigenvalue weighted by Crippen LogP contribution is 2.41. The Hall–Kier alpha value is -3.15. The van der Waals surface area contributed by atoms with Crippen molar-refractivity contribution in [2.75, 3.05) is 24.7 Å². The van der Waals surface area contributed by atoms with E-state index in [2.05, 4.69) is 11.0 Å². The highest BCUT2D eigenvalue weighted by Gasteiger charge is 2.38. The molecule has 2 atom stereocenters. The fourth-order valence-electron chi connectivity index (χ4n) is 5.63. The summed E-state index contributed by atoms with van der Waals surface area (Å²) in [5, 5.41) is 0.622. The highest BCUT2D eigenvalue weighted by molar-refractivity contribution is 6.37. The number of fused-ring (bicyclic) bond motifs is 5. The van der Waals surface area contributed by atoms with Crippen molar-refractivity contribution in [2.24, 2.45) is 5.92 Å². The van der Waals surface area contributed by atoms with Gasteiger partial charge in [0, 0.05) is 53.5 Å². The average molecular weight is 458 g/mol. The summed E-state index contributed by atoms with van der Waals surface area (Å²) >= 11 is 6.33. The lowest BCUT2D eigenvalue weighted by Crippen LogP contribution is -2.50. The minimum absolute atomic E-state index is 0.00322. The standard InChI is InChI=1S/C27H24ClN3O2/c28-21-9-10-22-23(12-18-5-2-1-3-6-18)27(33)31(25(22)13-21)17-29-14-19-11-20(16-29)24-7-4-8-26(32)30(24)15-19/h1-10,12-13,19-20H,11,14-17H2/b23-12-/t19-,20+/m1/s1. The number of anilines is 1. The number of likely N-dealkylation sites (tertiary alicyclic amines) is 1. The van der Waals surface area contributed by atoms with Crippen molar-refractivity contribution in [1.82, 2.24) is 9.47 Å². The molecule has 1 fully saturated rings. The van der Waals surface area contributed by atoms with Crippen LogP contribution in [0.5, 0.6) is 0 Å². The molecule has 1 aromatic heterocycles. The number of piperidine rings is 1. The fraction of sp³-hybridized carbons (Fsp3) is 0.259. The van der Waals surface area contributed by atoms with Crippen molar-refractivity contribution in [1.29, 1.82) is 0 Å². The number of hydrogen-bond acceptors (Lipinski definition) is 3. The Morgan fingerprint density at radius 3 is 2.64 bits per heavy atom. The molecule has 2 aromatic carbocycles. The van der Waals surface area contributed by atoms with Gasteiger partial charge >= 0.3 is 0 Å². The van der Waals surface area contributed by atoms with E-state index in [-0.39, 0.29) is 11.5 Å². The first-order chi connectivity index (χ1) is 16.1. The van der Waals surface area contributed by atoms with E-state index in [0.29, 0.717) is 29.1 Å². The number of halogens is 1. The smallest absolute Gasteiger partial charge is 0.260 e. The zero-order chi connectivity index (χ0) is 22.5. The van der Waals surface area contributed by atoms with E-state index in [9.17, 15) is 9.59 Å². The molecule has 3 aliphatic heterocycles. The van der Waals surface area contributed by atoms with Crippen LogP contribution >= 0.6 is 11.6 Å². The number of pyridine rings is 1. The third kappa shape index (κ3) is 3.62. The normalized spacial score (nSPS) is 23.0. The fourth-order valence-corrected chi connectivity index (χ4v) is 5.80. The van der Waals surface area contributed by atoms with Gasteiger partial charge in [-0.05, 0) is 42.2 Å². The van der Waals surface area contributed by atoms with Crippen molar-refractivity contribution in [2.45, 2.75) is 18.9 Å². The van der Waals surface area contributed by atoms with Gasteiger partial charge in [0.25, 0.3) is 11.5 Å². The van der Waals surface area contributed by atoms with Crippen LogP contribution in [0, 0.1) is 5.92 Å². The largest absolute Gasteiger partial charge is 0.312 e. The molecule has 33 heavy (non-hydrogen) atoms. The molecule has 3 aliphatic rings. The van der Waals surface area contributed by atoms with Crippen LogP contribution in [0.15, 0.2) is 71.5 Å². The van der Waals surface area contributed by atoms with Gasteiger partial charge in [-0.2, -0.15) is 0 Å². The first-order valence-corrected chi connectivity index (χ1v) is 11.8. The van der Waals surface area contributed by atoms with Crippen molar-refractivity contribution >= 4 is 34.8 Å². The van der Waals surface area contributed by atoms with Crippen molar-refractivity contribution < 1.29 is 4.79 Å². The van der Waals surface area contributed by atoms with Crippen LogP contribution in [0.1, 0.15) is 29.2 Å². The number of benzene rings is 2. The molecular weight excluding hydrogens is 434 g/mol. The monoisotopic (exact) mass is 457 g/mol. The molecule has 1 amide bonds. The summed E-state index contributed by atoms with van der Waals surface area (Å²) in [7, 11) is 0. The van der Waals surface area contributed by atoms with Crippen LogP contribution in [0.25, 0.3) is 11.6 Å². The molecule has 6 rings (SSSR count). The second-order valence-electron chi connectivity index (χ2n) is 9.24. The zero-order valence-corrected chi connectivity index (χ0v) is 18.9. The first-order valence-electron chi connectivity index (χ1n) is 11.4. The number of nitrogens with zero attached hydrogens (tertiary/aromatic N) is 3. The summed E-state index contributed by atoms with van der Waals surface area (Å²) in [5.41, 5.74) is 4.68. The van der Waals surface area contributed by atoms with Gasteiger partial charge in [-0.25, -0.2) is 0 Å². The molecule has 0 saturated carbocycles. The van der Waals surface area contributed by atoms with E-state index in [4.69, 9.17) is 11.6 Å². The lowest BCUT2D eigenvalue weighted by atomic mass is 9.83. The minimum atomic E-state index is 0.00322. The number of hydrogen-bond donors (Lipinski definition) is 0. The second kappa shape index (κ2) is 8.01.